The van der Waals surface area contributed by atoms with Gasteiger partial charge in [0.1, 0.15) is 0 Å². The topological polar surface area (TPSA) is 75.6 Å². The van der Waals surface area contributed by atoms with Crippen molar-refractivity contribution in [3.63, 3.8) is 0 Å². The van der Waals surface area contributed by atoms with Crippen LogP contribution in [0.1, 0.15) is 10.4 Å². The molecule has 1 aromatic rings. The lowest BCUT2D eigenvalue weighted by Gasteiger charge is -2.10. The van der Waals surface area contributed by atoms with Gasteiger partial charge in [0.05, 0.1) is 7.11 Å². The first kappa shape index (κ1) is 11.2. The number of rotatable bonds is 3. The van der Waals surface area contributed by atoms with Crippen molar-refractivity contribution < 1.29 is 19.4 Å². The molecule has 80 valence electrons. The Labute approximate surface area is 86.7 Å². The monoisotopic (exact) mass is 209 g/mol. The summed E-state index contributed by atoms with van der Waals surface area (Å²) in [6.45, 7) is 0. The minimum Gasteiger partial charge on any atom is -0.453 e. The number of carbonyl (C=O) groups is 2. The molecule has 1 aromatic carbocycles. The second-order valence-corrected chi connectivity index (χ2v) is 2.77. The molecule has 0 fully saturated rings. The van der Waals surface area contributed by atoms with E-state index in [1.807, 2.05) is 5.32 Å². The highest BCUT2D eigenvalue weighted by Crippen LogP contribution is 2.01. The predicted octanol–water partition coefficient (Wildman–Crippen LogP) is 0.544. The van der Waals surface area contributed by atoms with E-state index in [9.17, 15) is 14.7 Å². The predicted molar refractivity (Wildman–Crippen MR) is 52.3 cm³/mol. The maximum atomic E-state index is 11.5. The highest BCUT2D eigenvalue weighted by Gasteiger charge is 2.18. The minimum atomic E-state index is -1.58. The molecule has 0 saturated carbocycles. The van der Waals surface area contributed by atoms with Crippen molar-refractivity contribution in [1.82, 2.24) is 5.32 Å². The van der Waals surface area contributed by atoms with E-state index >= 15 is 0 Å². The number of aliphatic hydroxyl groups is 1. The number of hydrogen-bond acceptors (Lipinski definition) is 4. The first-order chi connectivity index (χ1) is 7.15. The van der Waals surface area contributed by atoms with Gasteiger partial charge in [0.15, 0.2) is 6.23 Å². The molecule has 2 N–H and O–H groups in total. The number of benzene rings is 1. The van der Waals surface area contributed by atoms with Crippen LogP contribution in [0.5, 0.6) is 0 Å². The fourth-order valence-electron chi connectivity index (χ4n) is 0.996. The van der Waals surface area contributed by atoms with E-state index in [1.54, 1.807) is 30.3 Å². The number of aliphatic hydroxyl groups excluding tert-OH is 1. The minimum absolute atomic E-state index is 0.321. The molecular weight excluding hydrogens is 198 g/mol. The van der Waals surface area contributed by atoms with Crippen LogP contribution in [-0.4, -0.2) is 30.3 Å². The van der Waals surface area contributed by atoms with Gasteiger partial charge in [-0.1, -0.05) is 30.3 Å². The van der Waals surface area contributed by atoms with Crippen LogP contribution in [0.2, 0.25) is 0 Å². The van der Waals surface area contributed by atoms with Crippen molar-refractivity contribution in [1.29, 1.82) is 0 Å². The van der Waals surface area contributed by atoms with Crippen LogP contribution in [0.25, 0.3) is 0 Å². The van der Waals surface area contributed by atoms with Gasteiger partial charge in [-0.3, -0.25) is 10.1 Å². The van der Waals surface area contributed by atoms with Gasteiger partial charge in [-0.25, -0.2) is 4.79 Å². The molecule has 0 aliphatic rings. The Hall–Kier alpha value is -1.88. The normalized spacial score (nSPS) is 11.6. The van der Waals surface area contributed by atoms with Crippen molar-refractivity contribution in [3.8, 4) is 0 Å². The largest absolute Gasteiger partial charge is 0.453 e. The van der Waals surface area contributed by atoms with Crippen LogP contribution >= 0.6 is 0 Å². The lowest BCUT2D eigenvalue weighted by Crippen LogP contribution is -2.40. The average Bonchev–Trinajstić information content (AvgIpc) is 2.29. The summed E-state index contributed by atoms with van der Waals surface area (Å²) >= 11 is 0. The zero-order chi connectivity index (χ0) is 11.3. The van der Waals surface area contributed by atoms with Crippen LogP contribution in [-0.2, 0) is 4.74 Å². The SMILES string of the molecule is COC(=O)NC(O)C(=O)c1ccccc1. The maximum absolute atomic E-state index is 11.5. The molecule has 1 atom stereocenters. The zero-order valence-corrected chi connectivity index (χ0v) is 8.14. The smallest absolute Gasteiger partial charge is 0.409 e. The van der Waals surface area contributed by atoms with Gasteiger partial charge < -0.3 is 9.84 Å². The van der Waals surface area contributed by atoms with Gasteiger partial charge in [0, 0.05) is 5.56 Å². The lowest BCUT2D eigenvalue weighted by atomic mass is 10.1. The average molecular weight is 209 g/mol. The maximum Gasteiger partial charge on any atom is 0.409 e. The third-order valence-electron chi connectivity index (χ3n) is 1.75. The Morgan fingerprint density at radius 3 is 2.47 bits per heavy atom. The number of Topliss-reactive ketones (excluding diaryl/α,β-unsaturated/α-hetero) is 1. The summed E-state index contributed by atoms with van der Waals surface area (Å²) in [6, 6.07) is 8.17. The summed E-state index contributed by atoms with van der Waals surface area (Å²) in [5.41, 5.74) is 0.321. The molecule has 0 spiro atoms. The summed E-state index contributed by atoms with van der Waals surface area (Å²) in [5.74, 6) is -0.582. The Kier molecular flexibility index (Phi) is 3.82. The van der Waals surface area contributed by atoms with Crippen molar-refractivity contribution >= 4 is 11.9 Å². The van der Waals surface area contributed by atoms with Crippen LogP contribution in [0, 0.1) is 0 Å². The van der Waals surface area contributed by atoms with E-state index in [0.717, 1.165) is 7.11 Å². The molecule has 5 nitrogen and oxygen atoms in total. The molecule has 0 radical (unpaired) electrons. The van der Waals surface area contributed by atoms with Gasteiger partial charge in [0.2, 0.25) is 5.78 Å². The fraction of sp³-hybridized carbons (Fsp3) is 0.200. The van der Waals surface area contributed by atoms with Gasteiger partial charge in [0.25, 0.3) is 0 Å². The molecular formula is C10H11NO4. The lowest BCUT2D eigenvalue weighted by molar-refractivity contribution is 0.0651. The third kappa shape index (κ3) is 3.07. The molecule has 5 heteroatoms. The van der Waals surface area contributed by atoms with Gasteiger partial charge in [-0.05, 0) is 0 Å². The van der Waals surface area contributed by atoms with E-state index < -0.39 is 18.1 Å². The van der Waals surface area contributed by atoms with E-state index in [0.29, 0.717) is 5.56 Å². The van der Waals surface area contributed by atoms with E-state index in [1.165, 1.54) is 0 Å². The molecule has 1 amide bonds. The van der Waals surface area contributed by atoms with Crippen LogP contribution in [0.3, 0.4) is 0 Å². The summed E-state index contributed by atoms with van der Waals surface area (Å²) in [4.78, 5) is 22.2. The number of amides is 1. The molecule has 1 unspecified atom stereocenters. The molecule has 0 saturated heterocycles. The second-order valence-electron chi connectivity index (χ2n) is 2.77. The molecule has 15 heavy (non-hydrogen) atoms. The summed E-state index contributed by atoms with van der Waals surface area (Å²) in [6.07, 6.45) is -2.44. The third-order valence-corrected chi connectivity index (χ3v) is 1.75. The molecule has 0 bridgehead atoms. The first-order valence-electron chi connectivity index (χ1n) is 4.27. The van der Waals surface area contributed by atoms with Crippen LogP contribution in [0.4, 0.5) is 4.79 Å². The number of methoxy groups -OCH3 is 1. The highest BCUT2D eigenvalue weighted by molar-refractivity contribution is 6.00. The van der Waals surface area contributed by atoms with Crippen molar-refractivity contribution in [3.05, 3.63) is 35.9 Å². The number of ether oxygens (including phenoxy) is 1. The second kappa shape index (κ2) is 5.11. The van der Waals surface area contributed by atoms with Gasteiger partial charge >= 0.3 is 6.09 Å². The Bertz CT molecular complexity index is 350. The molecule has 0 aromatic heterocycles. The van der Waals surface area contributed by atoms with Crippen molar-refractivity contribution in [2.45, 2.75) is 6.23 Å². The van der Waals surface area contributed by atoms with E-state index in [4.69, 9.17) is 0 Å². The number of alkyl carbamates (subject to hydrolysis) is 1. The molecule has 0 heterocycles. The van der Waals surface area contributed by atoms with E-state index in [-0.39, 0.29) is 0 Å². The quantitative estimate of drug-likeness (QED) is 0.563. The molecule has 0 aliphatic carbocycles. The number of carbonyl (C=O) groups excluding carboxylic acids is 2. The Balaban J connectivity index is 2.65. The highest BCUT2D eigenvalue weighted by atomic mass is 16.5. The van der Waals surface area contributed by atoms with Crippen LogP contribution in [0.15, 0.2) is 30.3 Å². The van der Waals surface area contributed by atoms with E-state index in [2.05, 4.69) is 4.74 Å². The zero-order valence-electron chi connectivity index (χ0n) is 8.14. The summed E-state index contributed by atoms with van der Waals surface area (Å²) in [7, 11) is 1.15. The summed E-state index contributed by atoms with van der Waals surface area (Å²) < 4.78 is 4.24. The van der Waals surface area contributed by atoms with Gasteiger partial charge in [-0.15, -0.1) is 0 Å². The molecule has 1 rings (SSSR count). The van der Waals surface area contributed by atoms with Crippen molar-refractivity contribution in [2.75, 3.05) is 7.11 Å². The summed E-state index contributed by atoms with van der Waals surface area (Å²) in [5, 5.41) is 11.3. The standard InChI is InChI=1S/C10H11NO4/c1-15-10(14)11-9(13)8(12)7-5-3-2-4-6-7/h2-6,9,13H,1H3,(H,11,14). The number of ketones is 1. The fourth-order valence-corrected chi connectivity index (χ4v) is 0.996. The van der Waals surface area contributed by atoms with Crippen molar-refractivity contribution in [2.24, 2.45) is 0 Å². The Morgan fingerprint density at radius 1 is 1.33 bits per heavy atom. The number of nitrogens with one attached hydrogen (secondary N) is 1. The van der Waals surface area contributed by atoms with Gasteiger partial charge in [-0.2, -0.15) is 0 Å². The van der Waals surface area contributed by atoms with Crippen LogP contribution < -0.4 is 5.32 Å². The first-order valence-corrected chi connectivity index (χ1v) is 4.27. The number of hydrogen-bond donors (Lipinski definition) is 2. The Morgan fingerprint density at radius 2 is 1.93 bits per heavy atom. The molecule has 0 aliphatic heterocycles.